The number of aromatic nitrogens is 1. The second kappa shape index (κ2) is 2.03. The molecule has 0 unspecified atom stereocenters. The molecule has 9 heavy (non-hydrogen) atoms. The fourth-order valence-corrected chi connectivity index (χ4v) is 2.08. The van der Waals surface area contributed by atoms with E-state index < -0.39 is 0 Å². The highest BCUT2D eigenvalue weighted by atomic mass is 32.2. The second-order valence-corrected chi connectivity index (χ2v) is 3.12. The van der Waals surface area contributed by atoms with Crippen molar-refractivity contribution in [2.75, 3.05) is 0 Å². The van der Waals surface area contributed by atoms with E-state index in [1.807, 2.05) is 24.2 Å². The molecule has 1 nitrogen and oxygen atoms in total. The zero-order valence-electron chi connectivity index (χ0n) is 5.00. The van der Waals surface area contributed by atoms with E-state index in [-0.39, 0.29) is 0 Å². The molecule has 1 aromatic heterocycles. The molecule has 0 spiro atoms. The average molecular weight is 137 g/mol. The molecule has 0 atom stereocenters. The van der Waals surface area contributed by atoms with Crippen LogP contribution in [0.5, 0.6) is 0 Å². The summed E-state index contributed by atoms with van der Waals surface area (Å²) in [7, 11) is 0. The Balaban J connectivity index is 2.54. The number of fused-ring (bicyclic) bond motifs is 1. The zero-order chi connectivity index (χ0) is 6.10. The van der Waals surface area contributed by atoms with Gasteiger partial charge in [-0.2, -0.15) is 11.8 Å². The number of nitrogens with zero attached hydrogens (tertiary/aromatic N) is 1. The molecular weight excluding hydrogens is 130 g/mol. The van der Waals surface area contributed by atoms with Gasteiger partial charge in [0.15, 0.2) is 0 Å². The first-order valence-electron chi connectivity index (χ1n) is 2.96. The summed E-state index contributed by atoms with van der Waals surface area (Å²) in [5, 5.41) is 0. The van der Waals surface area contributed by atoms with E-state index in [4.69, 9.17) is 0 Å². The molecule has 0 aromatic carbocycles. The van der Waals surface area contributed by atoms with Gasteiger partial charge in [0.05, 0.1) is 0 Å². The van der Waals surface area contributed by atoms with Gasteiger partial charge in [0.2, 0.25) is 0 Å². The van der Waals surface area contributed by atoms with Gasteiger partial charge < -0.3 is 0 Å². The van der Waals surface area contributed by atoms with Crippen molar-refractivity contribution in [1.29, 1.82) is 0 Å². The number of hydrogen-bond donors (Lipinski definition) is 0. The first-order valence-corrected chi connectivity index (χ1v) is 4.12. The summed E-state index contributed by atoms with van der Waals surface area (Å²) in [5.41, 5.74) is 2.89. The lowest BCUT2D eigenvalue weighted by Crippen LogP contribution is -1.80. The molecule has 0 saturated carbocycles. The Morgan fingerprint density at radius 2 is 2.22 bits per heavy atom. The van der Waals surface area contributed by atoms with Crippen molar-refractivity contribution in [1.82, 2.24) is 4.98 Å². The van der Waals surface area contributed by atoms with Crippen LogP contribution in [0.1, 0.15) is 11.1 Å². The van der Waals surface area contributed by atoms with Crippen LogP contribution in [0.15, 0.2) is 18.5 Å². The third-order valence-corrected chi connectivity index (χ3v) is 2.55. The molecule has 1 aliphatic rings. The summed E-state index contributed by atoms with van der Waals surface area (Å²) in [6.07, 6.45) is 3.83. The summed E-state index contributed by atoms with van der Waals surface area (Å²) in [5.74, 6) is 2.33. The lowest BCUT2D eigenvalue weighted by Gasteiger charge is -1.91. The maximum Gasteiger partial charge on any atom is 0.0311 e. The Morgan fingerprint density at radius 1 is 1.33 bits per heavy atom. The van der Waals surface area contributed by atoms with Crippen LogP contribution in [0, 0.1) is 0 Å². The Kier molecular flexibility index (Phi) is 1.19. The van der Waals surface area contributed by atoms with Crippen LogP contribution in [0.3, 0.4) is 0 Å². The van der Waals surface area contributed by atoms with E-state index in [2.05, 4.69) is 11.1 Å². The molecule has 0 aliphatic carbocycles. The van der Waals surface area contributed by atoms with Crippen molar-refractivity contribution in [2.24, 2.45) is 0 Å². The van der Waals surface area contributed by atoms with Gasteiger partial charge in [0, 0.05) is 23.9 Å². The average Bonchev–Trinajstić information content (AvgIpc) is 2.33. The van der Waals surface area contributed by atoms with Gasteiger partial charge in [-0.3, -0.25) is 4.98 Å². The van der Waals surface area contributed by atoms with Gasteiger partial charge >= 0.3 is 0 Å². The topological polar surface area (TPSA) is 12.9 Å². The minimum atomic E-state index is 1.16. The molecular formula is C7H7NS. The Bertz CT molecular complexity index is 199. The van der Waals surface area contributed by atoms with Gasteiger partial charge in [-0.15, -0.1) is 0 Å². The predicted molar refractivity (Wildman–Crippen MR) is 39.2 cm³/mol. The quantitative estimate of drug-likeness (QED) is 0.541. The first-order chi connectivity index (χ1) is 4.47. The summed E-state index contributed by atoms with van der Waals surface area (Å²) < 4.78 is 0. The van der Waals surface area contributed by atoms with Crippen molar-refractivity contribution >= 4 is 11.8 Å². The van der Waals surface area contributed by atoms with E-state index in [0.717, 1.165) is 5.75 Å². The normalized spacial score (nSPS) is 15.6. The van der Waals surface area contributed by atoms with E-state index in [0.29, 0.717) is 0 Å². The number of thioether (sulfide) groups is 1. The fourth-order valence-electron chi connectivity index (χ4n) is 0.998. The molecule has 0 N–H and O–H groups in total. The van der Waals surface area contributed by atoms with E-state index in [9.17, 15) is 0 Å². The molecule has 0 amide bonds. The van der Waals surface area contributed by atoms with Crippen molar-refractivity contribution in [3.05, 3.63) is 29.6 Å². The highest BCUT2D eigenvalue weighted by Gasteiger charge is 2.08. The SMILES string of the molecule is c1cc2c(cn1)CSC2. The third-order valence-electron chi connectivity index (χ3n) is 1.52. The first kappa shape index (κ1) is 5.30. The monoisotopic (exact) mass is 137 g/mol. The van der Waals surface area contributed by atoms with Crippen LogP contribution in [0.4, 0.5) is 0 Å². The molecule has 2 heterocycles. The Morgan fingerprint density at radius 3 is 3.11 bits per heavy atom. The minimum absolute atomic E-state index is 1.16. The smallest absolute Gasteiger partial charge is 0.0311 e. The van der Waals surface area contributed by atoms with Crippen LogP contribution in [0.2, 0.25) is 0 Å². The van der Waals surface area contributed by atoms with Gasteiger partial charge in [-0.05, 0) is 17.2 Å². The largest absolute Gasteiger partial charge is 0.264 e. The summed E-state index contributed by atoms with van der Waals surface area (Å²) in [4.78, 5) is 4.04. The Hall–Kier alpha value is -0.500. The molecule has 2 heteroatoms. The van der Waals surface area contributed by atoms with E-state index in [1.165, 1.54) is 16.9 Å². The molecule has 0 bridgehead atoms. The fraction of sp³-hybridized carbons (Fsp3) is 0.286. The third kappa shape index (κ3) is 0.833. The van der Waals surface area contributed by atoms with Crippen molar-refractivity contribution in [3.63, 3.8) is 0 Å². The van der Waals surface area contributed by atoms with Crippen molar-refractivity contribution in [3.8, 4) is 0 Å². The van der Waals surface area contributed by atoms with Gasteiger partial charge in [0.1, 0.15) is 0 Å². The van der Waals surface area contributed by atoms with Crippen LogP contribution in [0.25, 0.3) is 0 Å². The highest BCUT2D eigenvalue weighted by Crippen LogP contribution is 2.27. The maximum absolute atomic E-state index is 4.04. The van der Waals surface area contributed by atoms with Crippen molar-refractivity contribution < 1.29 is 0 Å². The zero-order valence-corrected chi connectivity index (χ0v) is 5.82. The molecule has 0 fully saturated rings. The van der Waals surface area contributed by atoms with Crippen LogP contribution in [-0.2, 0) is 11.5 Å². The summed E-state index contributed by atoms with van der Waals surface area (Å²) >= 11 is 1.96. The lowest BCUT2D eigenvalue weighted by atomic mass is 10.2. The van der Waals surface area contributed by atoms with Crippen LogP contribution in [-0.4, -0.2) is 4.98 Å². The van der Waals surface area contributed by atoms with Crippen LogP contribution < -0.4 is 0 Å². The minimum Gasteiger partial charge on any atom is -0.264 e. The standard InChI is InChI=1S/C7H7NS/c1-2-8-3-7-5-9-4-6(1)7/h1-3H,4-5H2. The summed E-state index contributed by atoms with van der Waals surface area (Å²) in [6.45, 7) is 0. The van der Waals surface area contributed by atoms with Gasteiger partial charge in [0.25, 0.3) is 0 Å². The molecule has 0 saturated heterocycles. The molecule has 2 rings (SSSR count). The number of rotatable bonds is 0. The lowest BCUT2D eigenvalue weighted by molar-refractivity contribution is 1.22. The highest BCUT2D eigenvalue weighted by molar-refractivity contribution is 7.98. The number of hydrogen-bond acceptors (Lipinski definition) is 2. The van der Waals surface area contributed by atoms with Gasteiger partial charge in [-0.25, -0.2) is 0 Å². The maximum atomic E-state index is 4.04. The number of pyridine rings is 1. The van der Waals surface area contributed by atoms with E-state index >= 15 is 0 Å². The van der Waals surface area contributed by atoms with Crippen molar-refractivity contribution in [2.45, 2.75) is 11.5 Å². The predicted octanol–water partition coefficient (Wildman–Crippen LogP) is 1.83. The molecule has 1 aliphatic heterocycles. The molecule has 0 radical (unpaired) electrons. The molecule has 46 valence electrons. The van der Waals surface area contributed by atoms with Gasteiger partial charge in [-0.1, -0.05) is 0 Å². The van der Waals surface area contributed by atoms with E-state index in [1.54, 1.807) is 0 Å². The summed E-state index contributed by atoms with van der Waals surface area (Å²) in [6, 6.07) is 2.11. The molecule has 1 aromatic rings. The second-order valence-electron chi connectivity index (χ2n) is 2.14. The van der Waals surface area contributed by atoms with Crippen LogP contribution >= 0.6 is 11.8 Å². The Labute approximate surface area is 58.5 Å².